The van der Waals surface area contributed by atoms with Gasteiger partial charge in [0.05, 0.1) is 5.75 Å². The fraction of sp³-hybridized carbons (Fsp3) is 0.571. The monoisotopic (exact) mass is 453 g/mol. The van der Waals surface area contributed by atoms with Crippen molar-refractivity contribution in [3.8, 4) is 0 Å². The van der Waals surface area contributed by atoms with Gasteiger partial charge in [0.1, 0.15) is 0 Å². The molecule has 0 amide bonds. The lowest BCUT2D eigenvalue weighted by molar-refractivity contribution is 0.445. The Kier molecular flexibility index (Phi) is 8.77. The van der Waals surface area contributed by atoms with E-state index in [-0.39, 0.29) is 29.7 Å². The fourth-order valence-electron chi connectivity index (χ4n) is 2.32. The van der Waals surface area contributed by atoms with Crippen molar-refractivity contribution in [1.29, 1.82) is 0 Å². The lowest BCUT2D eigenvalue weighted by atomic mass is 10.3. The van der Waals surface area contributed by atoms with Crippen LogP contribution in [-0.4, -0.2) is 62.6 Å². The van der Waals surface area contributed by atoms with Crippen molar-refractivity contribution in [3.63, 3.8) is 0 Å². The molecule has 1 aliphatic rings. The zero-order chi connectivity index (χ0) is 15.8. The number of aromatic nitrogens is 1. The van der Waals surface area contributed by atoms with Crippen molar-refractivity contribution < 1.29 is 8.42 Å². The second-order valence-electron chi connectivity index (χ2n) is 5.07. The molecule has 130 valence electrons. The average molecular weight is 453 g/mol. The average Bonchev–Trinajstić information content (AvgIpc) is 2.85. The van der Waals surface area contributed by atoms with Crippen LogP contribution in [0.4, 0.5) is 0 Å². The van der Waals surface area contributed by atoms with E-state index in [1.807, 2.05) is 18.2 Å². The first-order valence-corrected chi connectivity index (χ1v) is 9.05. The summed E-state index contributed by atoms with van der Waals surface area (Å²) < 4.78 is 24.9. The van der Waals surface area contributed by atoms with Crippen LogP contribution in [0.3, 0.4) is 0 Å². The first-order chi connectivity index (χ1) is 10.6. The molecular formula is C14H24IN5O2S. The smallest absolute Gasteiger partial charge is 0.214 e. The summed E-state index contributed by atoms with van der Waals surface area (Å²) in [5.41, 5.74) is 1.02. The van der Waals surface area contributed by atoms with Crippen LogP contribution in [0.5, 0.6) is 0 Å². The highest BCUT2D eigenvalue weighted by atomic mass is 127. The van der Waals surface area contributed by atoms with E-state index in [1.165, 1.54) is 4.31 Å². The Labute approximate surface area is 155 Å². The molecule has 1 saturated heterocycles. The summed E-state index contributed by atoms with van der Waals surface area (Å²) in [6.45, 7) is 2.36. The molecule has 2 N–H and O–H groups in total. The minimum atomic E-state index is -3.02. The number of rotatable bonds is 6. The minimum Gasteiger partial charge on any atom is -0.356 e. The molecule has 0 atom stereocenters. The number of hydrogen-bond acceptors (Lipinski definition) is 4. The van der Waals surface area contributed by atoms with E-state index in [0.29, 0.717) is 25.6 Å². The van der Waals surface area contributed by atoms with Gasteiger partial charge >= 0.3 is 0 Å². The number of aliphatic imine (C=N–C) groups is 1. The molecule has 9 heteroatoms. The van der Waals surface area contributed by atoms with Gasteiger partial charge in [-0.3, -0.25) is 9.98 Å². The summed E-state index contributed by atoms with van der Waals surface area (Å²) in [5.74, 6) is 0.942. The van der Waals surface area contributed by atoms with Crippen molar-refractivity contribution >= 4 is 40.0 Å². The largest absolute Gasteiger partial charge is 0.356 e. The quantitative estimate of drug-likeness (QED) is 0.371. The molecule has 1 fully saturated rings. The summed E-state index contributed by atoms with van der Waals surface area (Å²) in [4.78, 5) is 8.38. The van der Waals surface area contributed by atoms with E-state index in [4.69, 9.17) is 0 Å². The highest BCUT2D eigenvalue weighted by Gasteiger charge is 2.27. The lowest BCUT2D eigenvalue weighted by Crippen LogP contribution is -2.42. The number of pyridine rings is 1. The molecule has 0 saturated carbocycles. The summed E-state index contributed by atoms with van der Waals surface area (Å²) in [7, 11) is -1.32. The van der Waals surface area contributed by atoms with Gasteiger partial charge in [-0.25, -0.2) is 12.7 Å². The third-order valence-corrected chi connectivity index (χ3v) is 5.44. The minimum absolute atomic E-state index is 0. The van der Waals surface area contributed by atoms with Crippen LogP contribution in [0.25, 0.3) is 0 Å². The van der Waals surface area contributed by atoms with E-state index in [0.717, 1.165) is 25.1 Å². The Bertz CT molecular complexity index is 594. The van der Waals surface area contributed by atoms with Crippen LogP contribution in [0.15, 0.2) is 29.4 Å². The van der Waals surface area contributed by atoms with E-state index in [1.54, 1.807) is 13.2 Å². The van der Waals surface area contributed by atoms with Crippen molar-refractivity contribution in [2.24, 2.45) is 4.99 Å². The highest BCUT2D eigenvalue weighted by molar-refractivity contribution is 14.0. The maximum Gasteiger partial charge on any atom is 0.214 e. The molecule has 0 aliphatic carbocycles. The second kappa shape index (κ2) is 10.0. The molecule has 1 aliphatic heterocycles. The van der Waals surface area contributed by atoms with Crippen LogP contribution < -0.4 is 10.6 Å². The van der Waals surface area contributed by atoms with Crippen molar-refractivity contribution in [3.05, 3.63) is 30.1 Å². The van der Waals surface area contributed by atoms with Gasteiger partial charge in [-0.15, -0.1) is 24.0 Å². The predicted octanol–water partition coefficient (Wildman–Crippen LogP) is 0.443. The maximum atomic E-state index is 11.7. The molecule has 0 aromatic carbocycles. The zero-order valence-corrected chi connectivity index (χ0v) is 16.4. The number of guanidine groups is 1. The van der Waals surface area contributed by atoms with E-state index >= 15 is 0 Å². The predicted molar refractivity (Wildman–Crippen MR) is 103 cm³/mol. The normalized spacial score (nSPS) is 17.5. The van der Waals surface area contributed by atoms with Gasteiger partial charge in [0.2, 0.25) is 10.0 Å². The van der Waals surface area contributed by atoms with E-state index < -0.39 is 10.0 Å². The Balaban J connectivity index is 0.00000264. The molecule has 1 aromatic rings. The van der Waals surface area contributed by atoms with E-state index in [9.17, 15) is 8.42 Å². The second-order valence-corrected chi connectivity index (χ2v) is 7.15. The third kappa shape index (κ3) is 6.60. The zero-order valence-electron chi connectivity index (χ0n) is 13.2. The molecule has 0 unspecified atom stereocenters. The van der Waals surface area contributed by atoms with Gasteiger partial charge in [0.15, 0.2) is 5.96 Å². The Morgan fingerprint density at radius 2 is 2.13 bits per heavy atom. The summed E-state index contributed by atoms with van der Waals surface area (Å²) in [6.07, 6.45) is 3.31. The summed E-state index contributed by atoms with van der Waals surface area (Å²) >= 11 is 0. The molecule has 0 spiro atoms. The SMILES string of the molecule is CN=C(NCCc1ccccn1)NCCN1CCCS1(=O)=O.I. The molecule has 0 radical (unpaired) electrons. The number of sulfonamides is 1. The van der Waals surface area contributed by atoms with Gasteiger partial charge in [-0.05, 0) is 18.6 Å². The van der Waals surface area contributed by atoms with Crippen molar-refractivity contribution in [2.45, 2.75) is 12.8 Å². The fourth-order valence-corrected chi connectivity index (χ4v) is 3.85. The first-order valence-electron chi connectivity index (χ1n) is 7.44. The Hall–Kier alpha value is -0.940. The molecule has 2 heterocycles. The summed E-state index contributed by atoms with van der Waals surface area (Å²) in [5, 5.41) is 6.33. The Morgan fingerprint density at radius 1 is 1.35 bits per heavy atom. The number of hydrogen-bond donors (Lipinski definition) is 2. The van der Waals surface area contributed by atoms with E-state index in [2.05, 4.69) is 20.6 Å². The number of nitrogens with zero attached hydrogens (tertiary/aromatic N) is 3. The highest BCUT2D eigenvalue weighted by Crippen LogP contribution is 2.11. The van der Waals surface area contributed by atoms with Crippen LogP contribution in [0.1, 0.15) is 12.1 Å². The maximum absolute atomic E-state index is 11.7. The molecule has 1 aromatic heterocycles. The lowest BCUT2D eigenvalue weighted by Gasteiger charge is -2.16. The van der Waals surface area contributed by atoms with Gasteiger partial charge in [0, 0.05) is 51.5 Å². The van der Waals surface area contributed by atoms with Crippen molar-refractivity contribution in [2.75, 3.05) is 39.0 Å². The van der Waals surface area contributed by atoms with Crippen molar-refractivity contribution in [1.82, 2.24) is 19.9 Å². The Morgan fingerprint density at radius 3 is 2.74 bits per heavy atom. The van der Waals surface area contributed by atoms with Gasteiger partial charge in [-0.2, -0.15) is 0 Å². The topological polar surface area (TPSA) is 86.7 Å². The van der Waals surface area contributed by atoms with Crippen LogP contribution in [0, 0.1) is 0 Å². The van der Waals surface area contributed by atoms with Crippen LogP contribution in [0.2, 0.25) is 0 Å². The molecule has 0 bridgehead atoms. The third-order valence-electron chi connectivity index (χ3n) is 3.48. The molecular weight excluding hydrogens is 429 g/mol. The molecule has 7 nitrogen and oxygen atoms in total. The number of nitrogens with one attached hydrogen (secondary N) is 2. The number of halogens is 1. The summed E-state index contributed by atoms with van der Waals surface area (Å²) in [6, 6.07) is 5.84. The van der Waals surface area contributed by atoms with Crippen LogP contribution in [-0.2, 0) is 16.4 Å². The van der Waals surface area contributed by atoms with Gasteiger partial charge in [0.25, 0.3) is 0 Å². The molecule has 2 rings (SSSR count). The van der Waals surface area contributed by atoms with Gasteiger partial charge in [-0.1, -0.05) is 6.07 Å². The first kappa shape index (κ1) is 20.1. The van der Waals surface area contributed by atoms with Crippen LogP contribution >= 0.6 is 24.0 Å². The standard InChI is InChI=1S/C14H23N5O2S.HI/c1-15-14(17-8-6-13-5-2-3-7-16-13)18-9-11-19-10-4-12-22(19,20)21;/h2-3,5,7H,4,6,8-12H2,1H3,(H2,15,17,18);1H. The van der Waals surface area contributed by atoms with Gasteiger partial charge < -0.3 is 10.6 Å². The molecule has 23 heavy (non-hydrogen) atoms.